The zero-order valence-corrected chi connectivity index (χ0v) is 12.6. The molecule has 1 aromatic rings. The Morgan fingerprint density at radius 3 is 2.48 bits per heavy atom. The van der Waals surface area contributed by atoms with E-state index in [0.29, 0.717) is 6.42 Å². The summed E-state index contributed by atoms with van der Waals surface area (Å²) in [4.78, 5) is 25.4. The zero-order chi connectivity index (χ0) is 16.1. The summed E-state index contributed by atoms with van der Waals surface area (Å²) in [6, 6.07) is 4.87. The van der Waals surface area contributed by atoms with Crippen molar-refractivity contribution in [3.05, 3.63) is 34.2 Å². The summed E-state index contributed by atoms with van der Waals surface area (Å²) in [5.41, 5.74) is -0.808. The highest BCUT2D eigenvalue weighted by molar-refractivity contribution is 5.86. The molecule has 0 atom stereocenters. The van der Waals surface area contributed by atoms with E-state index in [1.165, 1.54) is 44.3 Å². The van der Waals surface area contributed by atoms with Crippen LogP contribution in [0.1, 0.15) is 43.5 Å². The molecular formula is C15H23N3O3. The molecular weight excluding hydrogens is 270 g/mol. The quantitative estimate of drug-likeness (QED) is 0.889. The summed E-state index contributed by atoms with van der Waals surface area (Å²) in [6.07, 6.45) is 4.73. The highest BCUT2D eigenvalue weighted by Gasteiger charge is 2.09. The van der Waals surface area contributed by atoms with Gasteiger partial charge in [0.15, 0.2) is 0 Å². The first-order valence-corrected chi connectivity index (χ1v) is 7.15. The smallest absolute Gasteiger partial charge is 0.341 e. The lowest BCUT2D eigenvalue weighted by atomic mass is 10.3. The number of carboxylic acids is 1. The molecule has 0 amide bonds. The van der Waals surface area contributed by atoms with Crippen molar-refractivity contribution in [3.63, 3.8) is 0 Å². The number of aromatic amines is 1. The molecule has 0 radical (unpaired) electrons. The minimum atomic E-state index is -1.21. The van der Waals surface area contributed by atoms with E-state index in [4.69, 9.17) is 10.4 Å². The molecule has 0 unspecified atom stereocenters. The van der Waals surface area contributed by atoms with Crippen molar-refractivity contribution >= 4 is 5.97 Å². The Morgan fingerprint density at radius 1 is 1.43 bits per heavy atom. The lowest BCUT2D eigenvalue weighted by Crippen LogP contribution is -2.19. The minimum absolute atomic E-state index is 0.234. The van der Waals surface area contributed by atoms with Crippen LogP contribution in [0.2, 0.25) is 0 Å². The molecule has 2 N–H and O–H groups in total. The number of rotatable bonds is 3. The average molecular weight is 293 g/mol. The summed E-state index contributed by atoms with van der Waals surface area (Å²) >= 11 is 0. The Hall–Kier alpha value is -2.13. The molecule has 116 valence electrons. The van der Waals surface area contributed by atoms with Gasteiger partial charge in [0.25, 0.3) is 5.56 Å². The molecule has 21 heavy (non-hydrogen) atoms. The van der Waals surface area contributed by atoms with E-state index in [1.807, 2.05) is 13.8 Å². The van der Waals surface area contributed by atoms with Gasteiger partial charge in [0.2, 0.25) is 0 Å². The number of likely N-dealkylation sites (tertiary alicyclic amines) is 1. The fourth-order valence-electron chi connectivity index (χ4n) is 1.80. The van der Waals surface area contributed by atoms with Gasteiger partial charge in [0.1, 0.15) is 5.56 Å². The number of aromatic nitrogens is 1. The van der Waals surface area contributed by atoms with Gasteiger partial charge < -0.3 is 15.0 Å². The molecule has 0 bridgehead atoms. The topological polar surface area (TPSA) is 97.2 Å². The molecule has 0 spiro atoms. The van der Waals surface area contributed by atoms with Crippen LogP contribution in [0.5, 0.6) is 0 Å². The number of pyridine rings is 1. The van der Waals surface area contributed by atoms with E-state index < -0.39 is 11.5 Å². The maximum atomic E-state index is 10.6. The monoisotopic (exact) mass is 293 g/mol. The van der Waals surface area contributed by atoms with Gasteiger partial charge in [0, 0.05) is 19.2 Å². The number of aromatic carboxylic acids is 1. The Morgan fingerprint density at radius 2 is 2.05 bits per heavy atom. The first-order chi connectivity index (χ1) is 10.1. The third kappa shape index (κ3) is 7.90. The molecule has 0 aliphatic carbocycles. The molecule has 1 fully saturated rings. The third-order valence-electron chi connectivity index (χ3n) is 2.79. The number of carboxylic acid groups (broad SMARTS) is 1. The van der Waals surface area contributed by atoms with Gasteiger partial charge in [-0.1, -0.05) is 13.8 Å². The fourth-order valence-corrected chi connectivity index (χ4v) is 1.80. The summed E-state index contributed by atoms with van der Waals surface area (Å²) in [5.74, 6) is -1.21. The Bertz CT molecular complexity index is 499. The average Bonchev–Trinajstić information content (AvgIpc) is 3.01. The van der Waals surface area contributed by atoms with Crippen molar-refractivity contribution in [3.8, 4) is 6.07 Å². The number of hydrogen-bond donors (Lipinski definition) is 2. The number of nitrogens with zero attached hydrogens (tertiary/aromatic N) is 2. The SMILES string of the molecule is CC.N#CCCN1CCCC1.O=C(O)c1ccc[nH]c1=O. The molecule has 1 saturated heterocycles. The van der Waals surface area contributed by atoms with Crippen molar-refractivity contribution in [1.82, 2.24) is 9.88 Å². The normalized spacial score (nSPS) is 13.2. The molecule has 0 saturated carbocycles. The molecule has 0 aromatic carbocycles. The molecule has 1 aliphatic rings. The van der Waals surface area contributed by atoms with Gasteiger partial charge in [-0.05, 0) is 38.1 Å². The minimum Gasteiger partial charge on any atom is -0.477 e. The Kier molecular flexibility index (Phi) is 10.5. The van der Waals surface area contributed by atoms with Crippen molar-refractivity contribution < 1.29 is 9.90 Å². The largest absolute Gasteiger partial charge is 0.477 e. The Labute approximate surface area is 125 Å². The summed E-state index contributed by atoms with van der Waals surface area (Å²) < 4.78 is 0. The van der Waals surface area contributed by atoms with Crippen LogP contribution in [0.25, 0.3) is 0 Å². The van der Waals surface area contributed by atoms with Gasteiger partial charge in [-0.3, -0.25) is 4.79 Å². The van der Waals surface area contributed by atoms with Crippen molar-refractivity contribution in [2.45, 2.75) is 33.1 Å². The van der Waals surface area contributed by atoms with Crippen LogP contribution in [0, 0.1) is 11.3 Å². The van der Waals surface area contributed by atoms with E-state index >= 15 is 0 Å². The summed E-state index contributed by atoms with van der Waals surface area (Å²) in [7, 11) is 0. The van der Waals surface area contributed by atoms with Gasteiger partial charge in [-0.25, -0.2) is 4.79 Å². The standard InChI is InChI=1S/C7H12N2.C6H5NO3.C2H6/c8-4-3-7-9-5-1-2-6-9;8-5-4(6(9)10)2-1-3-7-5;1-2/h1-3,5-7H2;1-3H,(H,7,8)(H,9,10);1-2H3. The zero-order valence-electron chi connectivity index (χ0n) is 12.6. The van der Waals surface area contributed by atoms with Crippen LogP contribution in [-0.2, 0) is 0 Å². The highest BCUT2D eigenvalue weighted by Crippen LogP contribution is 2.06. The van der Waals surface area contributed by atoms with Gasteiger partial charge in [0.05, 0.1) is 6.07 Å². The molecule has 1 aromatic heterocycles. The molecule has 2 rings (SSSR count). The second kappa shape index (κ2) is 11.7. The van der Waals surface area contributed by atoms with E-state index in [9.17, 15) is 9.59 Å². The Balaban J connectivity index is 0.000000342. The third-order valence-corrected chi connectivity index (χ3v) is 2.79. The first-order valence-electron chi connectivity index (χ1n) is 7.15. The maximum absolute atomic E-state index is 10.6. The number of hydrogen-bond acceptors (Lipinski definition) is 4. The molecule has 1 aliphatic heterocycles. The second-order valence-corrected chi connectivity index (χ2v) is 4.17. The maximum Gasteiger partial charge on any atom is 0.341 e. The molecule has 2 heterocycles. The van der Waals surface area contributed by atoms with Crippen LogP contribution < -0.4 is 5.56 Å². The summed E-state index contributed by atoms with van der Waals surface area (Å²) in [6.45, 7) is 7.40. The van der Waals surface area contributed by atoms with Crippen molar-refractivity contribution in [1.29, 1.82) is 5.26 Å². The van der Waals surface area contributed by atoms with E-state index in [-0.39, 0.29) is 5.56 Å². The second-order valence-electron chi connectivity index (χ2n) is 4.17. The molecule has 6 heteroatoms. The van der Waals surface area contributed by atoms with E-state index in [0.717, 1.165) is 6.54 Å². The van der Waals surface area contributed by atoms with Gasteiger partial charge in [-0.15, -0.1) is 0 Å². The molecule has 6 nitrogen and oxygen atoms in total. The van der Waals surface area contributed by atoms with E-state index in [2.05, 4.69) is 16.0 Å². The predicted octanol–water partition coefficient (Wildman–Crippen LogP) is 2.10. The van der Waals surface area contributed by atoms with Crippen LogP contribution in [0.3, 0.4) is 0 Å². The lowest BCUT2D eigenvalue weighted by molar-refractivity contribution is 0.0695. The highest BCUT2D eigenvalue weighted by atomic mass is 16.4. The number of H-pyrrole nitrogens is 1. The van der Waals surface area contributed by atoms with Crippen LogP contribution in [-0.4, -0.2) is 40.6 Å². The van der Waals surface area contributed by atoms with E-state index in [1.54, 1.807) is 0 Å². The van der Waals surface area contributed by atoms with Crippen molar-refractivity contribution in [2.75, 3.05) is 19.6 Å². The number of nitriles is 1. The predicted molar refractivity (Wildman–Crippen MR) is 81.3 cm³/mol. The number of carbonyl (C=O) groups is 1. The number of nitrogens with one attached hydrogen (secondary N) is 1. The van der Waals surface area contributed by atoms with Crippen molar-refractivity contribution in [2.24, 2.45) is 0 Å². The van der Waals surface area contributed by atoms with Gasteiger partial charge >= 0.3 is 5.97 Å². The van der Waals surface area contributed by atoms with Gasteiger partial charge in [-0.2, -0.15) is 5.26 Å². The van der Waals surface area contributed by atoms with Crippen LogP contribution in [0.15, 0.2) is 23.1 Å². The lowest BCUT2D eigenvalue weighted by Gasteiger charge is -2.10. The van der Waals surface area contributed by atoms with Crippen LogP contribution in [0.4, 0.5) is 0 Å². The first kappa shape index (κ1) is 18.9. The summed E-state index contributed by atoms with van der Waals surface area (Å²) in [5, 5.41) is 16.6. The fraction of sp³-hybridized carbons (Fsp3) is 0.533. The van der Waals surface area contributed by atoms with Crippen LogP contribution >= 0.6 is 0 Å².